The van der Waals surface area contributed by atoms with Crippen LogP contribution in [0.3, 0.4) is 0 Å². The smallest absolute Gasteiger partial charge is 0.232 e. The molecule has 2 rings (SSSR count). The van der Waals surface area contributed by atoms with Crippen LogP contribution < -0.4 is 10.6 Å². The number of rotatable bonds is 5. The zero-order chi connectivity index (χ0) is 14.5. The molecular formula is C16H24N2O2. The quantitative estimate of drug-likeness (QED) is 0.898. The lowest BCUT2D eigenvalue weighted by Crippen LogP contribution is -2.39. The highest BCUT2D eigenvalue weighted by molar-refractivity contribution is 5.95. The van der Waals surface area contributed by atoms with Gasteiger partial charge < -0.3 is 15.4 Å². The Labute approximate surface area is 120 Å². The Balaban J connectivity index is 2.16. The van der Waals surface area contributed by atoms with Crippen LogP contribution >= 0.6 is 0 Å². The molecule has 1 aliphatic heterocycles. The van der Waals surface area contributed by atoms with Crippen LogP contribution in [0.4, 0.5) is 5.69 Å². The fraction of sp³-hybridized carbons (Fsp3) is 0.562. The van der Waals surface area contributed by atoms with Crippen LogP contribution in [0, 0.1) is 5.92 Å². The third-order valence-corrected chi connectivity index (χ3v) is 4.00. The van der Waals surface area contributed by atoms with Gasteiger partial charge in [-0.3, -0.25) is 4.79 Å². The molecule has 1 aliphatic rings. The maximum absolute atomic E-state index is 12.7. The minimum absolute atomic E-state index is 0.00543. The molecule has 2 atom stereocenters. The van der Waals surface area contributed by atoms with Crippen LogP contribution in [0.15, 0.2) is 24.3 Å². The van der Waals surface area contributed by atoms with Crippen molar-refractivity contribution in [2.75, 3.05) is 18.1 Å². The Morgan fingerprint density at radius 3 is 2.60 bits per heavy atom. The topological polar surface area (TPSA) is 55.6 Å². The van der Waals surface area contributed by atoms with E-state index in [-0.39, 0.29) is 17.9 Å². The largest absolute Gasteiger partial charge is 0.377 e. The van der Waals surface area contributed by atoms with Gasteiger partial charge in [-0.15, -0.1) is 0 Å². The summed E-state index contributed by atoms with van der Waals surface area (Å²) < 4.78 is 5.64. The van der Waals surface area contributed by atoms with Gasteiger partial charge in [0, 0.05) is 25.4 Å². The fourth-order valence-corrected chi connectivity index (χ4v) is 2.81. The van der Waals surface area contributed by atoms with E-state index in [0.717, 1.165) is 24.1 Å². The van der Waals surface area contributed by atoms with Crippen molar-refractivity contribution in [1.82, 2.24) is 0 Å². The van der Waals surface area contributed by atoms with E-state index in [1.54, 1.807) is 0 Å². The number of carbonyl (C=O) groups is 1. The molecule has 0 aliphatic carbocycles. The molecule has 20 heavy (non-hydrogen) atoms. The van der Waals surface area contributed by atoms with Crippen LogP contribution in [0.25, 0.3) is 0 Å². The zero-order valence-corrected chi connectivity index (χ0v) is 12.3. The Kier molecular flexibility index (Phi) is 5.15. The van der Waals surface area contributed by atoms with Gasteiger partial charge in [0.2, 0.25) is 5.91 Å². The molecule has 0 aromatic heterocycles. The van der Waals surface area contributed by atoms with Crippen LogP contribution in [0.1, 0.15) is 32.3 Å². The highest BCUT2D eigenvalue weighted by Crippen LogP contribution is 2.27. The first kappa shape index (κ1) is 15.0. The van der Waals surface area contributed by atoms with Crippen molar-refractivity contribution in [2.24, 2.45) is 11.7 Å². The van der Waals surface area contributed by atoms with Gasteiger partial charge in [-0.25, -0.2) is 0 Å². The number of anilines is 1. The number of nitrogens with two attached hydrogens (primary N) is 1. The average molecular weight is 276 g/mol. The van der Waals surface area contributed by atoms with Crippen LogP contribution in [0.2, 0.25) is 0 Å². The van der Waals surface area contributed by atoms with E-state index in [1.165, 1.54) is 0 Å². The number of hydrogen-bond acceptors (Lipinski definition) is 3. The van der Waals surface area contributed by atoms with Crippen molar-refractivity contribution in [3.8, 4) is 0 Å². The molecule has 1 aromatic carbocycles. The second-order valence-corrected chi connectivity index (χ2v) is 5.17. The second-order valence-electron chi connectivity index (χ2n) is 5.17. The van der Waals surface area contributed by atoms with Crippen molar-refractivity contribution < 1.29 is 9.53 Å². The zero-order valence-electron chi connectivity index (χ0n) is 12.3. The molecule has 0 bridgehead atoms. The van der Waals surface area contributed by atoms with E-state index in [0.29, 0.717) is 19.7 Å². The van der Waals surface area contributed by atoms with Gasteiger partial charge in [0.05, 0.1) is 12.0 Å². The first-order valence-corrected chi connectivity index (χ1v) is 7.43. The minimum Gasteiger partial charge on any atom is -0.377 e. The molecule has 2 unspecified atom stereocenters. The fourth-order valence-electron chi connectivity index (χ4n) is 2.81. The van der Waals surface area contributed by atoms with Crippen LogP contribution in [-0.4, -0.2) is 25.2 Å². The number of hydrogen-bond donors (Lipinski definition) is 1. The van der Waals surface area contributed by atoms with E-state index < -0.39 is 0 Å². The molecule has 4 heteroatoms. The van der Waals surface area contributed by atoms with Crippen molar-refractivity contribution in [3.63, 3.8) is 0 Å². The van der Waals surface area contributed by atoms with Gasteiger partial charge in [0.15, 0.2) is 0 Å². The number of carbonyl (C=O) groups excluding carboxylic acids is 1. The van der Waals surface area contributed by atoms with Gasteiger partial charge in [0.1, 0.15) is 0 Å². The van der Waals surface area contributed by atoms with Gasteiger partial charge in [0.25, 0.3) is 0 Å². The number of nitrogens with zero attached hydrogens (tertiary/aromatic N) is 1. The number of ether oxygens (including phenoxy) is 1. The predicted octanol–water partition coefficient (Wildman–Crippen LogP) is 2.31. The Morgan fingerprint density at radius 2 is 2.05 bits per heavy atom. The van der Waals surface area contributed by atoms with Crippen LogP contribution in [-0.2, 0) is 16.1 Å². The van der Waals surface area contributed by atoms with E-state index in [2.05, 4.69) is 6.92 Å². The van der Waals surface area contributed by atoms with E-state index >= 15 is 0 Å². The Hall–Kier alpha value is -1.39. The highest BCUT2D eigenvalue weighted by atomic mass is 16.5. The first-order chi connectivity index (χ1) is 9.71. The molecule has 1 fully saturated rings. The lowest BCUT2D eigenvalue weighted by Gasteiger charge is -2.26. The summed E-state index contributed by atoms with van der Waals surface area (Å²) >= 11 is 0. The number of amides is 1. The van der Waals surface area contributed by atoms with Gasteiger partial charge >= 0.3 is 0 Å². The molecule has 1 heterocycles. The second kappa shape index (κ2) is 6.86. The molecule has 4 nitrogen and oxygen atoms in total. The number of benzene rings is 1. The molecular weight excluding hydrogens is 252 g/mol. The summed E-state index contributed by atoms with van der Waals surface area (Å²) in [6, 6.07) is 7.90. The summed E-state index contributed by atoms with van der Waals surface area (Å²) in [4.78, 5) is 14.6. The van der Waals surface area contributed by atoms with Gasteiger partial charge in [-0.1, -0.05) is 19.1 Å². The summed E-state index contributed by atoms with van der Waals surface area (Å²) in [5.41, 5.74) is 7.62. The van der Waals surface area contributed by atoms with E-state index in [9.17, 15) is 4.79 Å². The predicted molar refractivity (Wildman–Crippen MR) is 80.5 cm³/mol. The highest BCUT2D eigenvalue weighted by Gasteiger charge is 2.35. The molecule has 0 spiro atoms. The molecule has 1 aromatic rings. The van der Waals surface area contributed by atoms with Crippen molar-refractivity contribution >= 4 is 11.6 Å². The summed E-state index contributed by atoms with van der Waals surface area (Å²) in [5.74, 6) is 0.173. The molecule has 1 saturated heterocycles. The monoisotopic (exact) mass is 276 g/mol. The summed E-state index contributed by atoms with van der Waals surface area (Å²) in [7, 11) is 0. The SMILES string of the molecule is CCC1OCCC1C(=O)N(CC)c1ccc(CN)cc1. The van der Waals surface area contributed by atoms with Gasteiger partial charge in [-0.2, -0.15) is 0 Å². The van der Waals surface area contributed by atoms with Crippen molar-refractivity contribution in [1.29, 1.82) is 0 Å². The van der Waals surface area contributed by atoms with E-state index in [1.807, 2.05) is 36.1 Å². The molecule has 1 amide bonds. The standard InChI is InChI=1S/C16H24N2O2/c1-3-15-14(9-10-20-15)16(19)18(4-2)13-7-5-12(11-17)6-8-13/h5-8,14-15H,3-4,9-11,17H2,1-2H3. The lowest BCUT2D eigenvalue weighted by molar-refractivity contribution is -0.124. The normalized spacial score (nSPS) is 21.9. The molecule has 0 radical (unpaired) electrons. The van der Waals surface area contributed by atoms with Gasteiger partial charge in [-0.05, 0) is 37.5 Å². The van der Waals surface area contributed by atoms with Crippen molar-refractivity contribution in [3.05, 3.63) is 29.8 Å². The Morgan fingerprint density at radius 1 is 1.35 bits per heavy atom. The molecule has 0 saturated carbocycles. The van der Waals surface area contributed by atoms with E-state index in [4.69, 9.17) is 10.5 Å². The third kappa shape index (κ3) is 3.02. The lowest BCUT2D eigenvalue weighted by atomic mass is 9.97. The minimum atomic E-state index is -0.00543. The summed E-state index contributed by atoms with van der Waals surface area (Å²) in [6.07, 6.45) is 1.79. The first-order valence-electron chi connectivity index (χ1n) is 7.43. The third-order valence-electron chi connectivity index (χ3n) is 4.00. The average Bonchev–Trinajstić information content (AvgIpc) is 2.97. The molecule has 110 valence electrons. The molecule has 2 N–H and O–H groups in total. The maximum Gasteiger partial charge on any atom is 0.232 e. The Bertz CT molecular complexity index is 444. The summed E-state index contributed by atoms with van der Waals surface area (Å²) in [6.45, 7) is 5.97. The maximum atomic E-state index is 12.7. The summed E-state index contributed by atoms with van der Waals surface area (Å²) in [5, 5.41) is 0. The van der Waals surface area contributed by atoms with Crippen LogP contribution in [0.5, 0.6) is 0 Å². The van der Waals surface area contributed by atoms with Crippen molar-refractivity contribution in [2.45, 2.75) is 39.3 Å².